The standard InChI is InChI=1S/C22H27FN2O/c23-20-8-4-7-18(22(20)26-15-17-5-2-1-3-6-17)19-13-21(19)25-14-16-9-11-24-12-10-16/h1-8,16,19,21,24-25H,9-15H2/t19-,21?/m1/s1. The highest BCUT2D eigenvalue weighted by Gasteiger charge is 2.40. The second-order valence-electron chi connectivity index (χ2n) is 7.48. The first-order valence-corrected chi connectivity index (χ1v) is 9.70. The molecular weight excluding hydrogens is 327 g/mol. The smallest absolute Gasteiger partial charge is 0.165 e. The molecule has 1 unspecified atom stereocenters. The molecule has 1 aliphatic carbocycles. The van der Waals surface area contributed by atoms with E-state index in [-0.39, 0.29) is 5.82 Å². The van der Waals surface area contributed by atoms with E-state index < -0.39 is 0 Å². The lowest BCUT2D eigenvalue weighted by Gasteiger charge is -2.23. The molecule has 0 spiro atoms. The molecule has 0 bridgehead atoms. The summed E-state index contributed by atoms with van der Waals surface area (Å²) >= 11 is 0. The van der Waals surface area contributed by atoms with Gasteiger partial charge in [-0.3, -0.25) is 0 Å². The van der Waals surface area contributed by atoms with Crippen LogP contribution in [-0.2, 0) is 6.61 Å². The molecule has 2 N–H and O–H groups in total. The molecule has 4 heteroatoms. The van der Waals surface area contributed by atoms with Gasteiger partial charge in [0.05, 0.1) is 0 Å². The number of nitrogens with one attached hydrogen (secondary N) is 2. The van der Waals surface area contributed by atoms with E-state index in [4.69, 9.17) is 4.74 Å². The Hall–Kier alpha value is -1.91. The Labute approximate surface area is 155 Å². The lowest BCUT2D eigenvalue weighted by atomic mass is 9.98. The Morgan fingerprint density at radius 2 is 1.85 bits per heavy atom. The van der Waals surface area contributed by atoms with E-state index in [1.54, 1.807) is 6.07 Å². The molecule has 0 radical (unpaired) electrons. The first-order valence-electron chi connectivity index (χ1n) is 9.70. The van der Waals surface area contributed by atoms with Gasteiger partial charge in [-0.15, -0.1) is 0 Å². The summed E-state index contributed by atoms with van der Waals surface area (Å²) in [7, 11) is 0. The minimum Gasteiger partial charge on any atom is -0.486 e. The number of rotatable bonds is 7. The van der Waals surface area contributed by atoms with Crippen molar-refractivity contribution in [2.75, 3.05) is 19.6 Å². The average Bonchev–Trinajstić information content (AvgIpc) is 3.46. The molecule has 1 saturated heterocycles. The highest BCUT2D eigenvalue weighted by Crippen LogP contribution is 2.45. The maximum Gasteiger partial charge on any atom is 0.165 e. The van der Waals surface area contributed by atoms with E-state index in [0.29, 0.717) is 24.3 Å². The second kappa shape index (κ2) is 8.19. The van der Waals surface area contributed by atoms with Crippen LogP contribution < -0.4 is 15.4 Å². The first kappa shape index (κ1) is 17.5. The van der Waals surface area contributed by atoms with E-state index in [2.05, 4.69) is 10.6 Å². The Morgan fingerprint density at radius 1 is 1.04 bits per heavy atom. The van der Waals surface area contributed by atoms with Crippen LogP contribution in [0.3, 0.4) is 0 Å². The molecule has 4 rings (SSSR count). The van der Waals surface area contributed by atoms with Crippen molar-refractivity contribution in [2.45, 2.75) is 37.8 Å². The molecule has 2 fully saturated rings. The van der Waals surface area contributed by atoms with Crippen molar-refractivity contribution in [1.82, 2.24) is 10.6 Å². The Kier molecular flexibility index (Phi) is 5.51. The average molecular weight is 354 g/mol. The summed E-state index contributed by atoms with van der Waals surface area (Å²) in [5.41, 5.74) is 2.06. The summed E-state index contributed by atoms with van der Waals surface area (Å²) in [5, 5.41) is 7.10. The van der Waals surface area contributed by atoms with E-state index >= 15 is 0 Å². The van der Waals surface area contributed by atoms with Crippen LogP contribution in [0.15, 0.2) is 48.5 Å². The van der Waals surface area contributed by atoms with Gasteiger partial charge in [0.15, 0.2) is 11.6 Å². The number of benzene rings is 2. The quantitative estimate of drug-likeness (QED) is 0.792. The molecule has 2 atom stereocenters. The summed E-state index contributed by atoms with van der Waals surface area (Å²) in [5.74, 6) is 1.28. The Bertz CT molecular complexity index is 715. The third-order valence-electron chi connectivity index (χ3n) is 5.54. The van der Waals surface area contributed by atoms with E-state index in [1.165, 1.54) is 18.9 Å². The van der Waals surface area contributed by atoms with Gasteiger partial charge in [-0.05, 0) is 56.4 Å². The van der Waals surface area contributed by atoms with Crippen molar-refractivity contribution < 1.29 is 9.13 Å². The maximum atomic E-state index is 14.4. The SMILES string of the molecule is Fc1cccc([C@H]2CC2NCC2CCNCC2)c1OCc1ccccc1. The van der Waals surface area contributed by atoms with Crippen LogP contribution in [0.4, 0.5) is 4.39 Å². The van der Waals surface area contributed by atoms with Crippen molar-refractivity contribution in [2.24, 2.45) is 5.92 Å². The number of piperidine rings is 1. The summed E-state index contributed by atoms with van der Waals surface area (Å²) in [6.07, 6.45) is 3.56. The highest BCUT2D eigenvalue weighted by molar-refractivity contribution is 5.42. The van der Waals surface area contributed by atoms with Crippen LogP contribution >= 0.6 is 0 Å². The lowest BCUT2D eigenvalue weighted by molar-refractivity contribution is 0.286. The highest BCUT2D eigenvalue weighted by atomic mass is 19.1. The van der Waals surface area contributed by atoms with Gasteiger partial charge in [0.25, 0.3) is 0 Å². The third-order valence-corrected chi connectivity index (χ3v) is 5.54. The molecule has 1 aliphatic heterocycles. The summed E-state index contributed by atoms with van der Waals surface area (Å²) < 4.78 is 20.3. The molecule has 26 heavy (non-hydrogen) atoms. The van der Waals surface area contributed by atoms with Gasteiger partial charge in [-0.1, -0.05) is 42.5 Å². The predicted molar refractivity (Wildman–Crippen MR) is 102 cm³/mol. The topological polar surface area (TPSA) is 33.3 Å². The molecule has 0 aromatic heterocycles. The molecule has 0 amide bonds. The van der Waals surface area contributed by atoms with Crippen LogP contribution in [0.5, 0.6) is 5.75 Å². The van der Waals surface area contributed by atoms with E-state index in [0.717, 1.165) is 43.1 Å². The summed E-state index contributed by atoms with van der Waals surface area (Å²) in [4.78, 5) is 0. The lowest BCUT2D eigenvalue weighted by Crippen LogP contribution is -2.34. The summed E-state index contributed by atoms with van der Waals surface area (Å²) in [6.45, 7) is 3.72. The van der Waals surface area contributed by atoms with Crippen molar-refractivity contribution in [1.29, 1.82) is 0 Å². The van der Waals surface area contributed by atoms with Crippen molar-refractivity contribution in [3.8, 4) is 5.75 Å². The number of para-hydroxylation sites is 1. The Morgan fingerprint density at radius 3 is 2.65 bits per heavy atom. The second-order valence-corrected chi connectivity index (χ2v) is 7.48. The van der Waals surface area contributed by atoms with Crippen LogP contribution in [0, 0.1) is 11.7 Å². The van der Waals surface area contributed by atoms with Gasteiger partial charge in [0.1, 0.15) is 6.61 Å². The van der Waals surface area contributed by atoms with Crippen molar-refractivity contribution in [3.05, 3.63) is 65.5 Å². The number of hydrogen-bond acceptors (Lipinski definition) is 3. The van der Waals surface area contributed by atoms with Crippen LogP contribution in [0.2, 0.25) is 0 Å². The van der Waals surface area contributed by atoms with Gasteiger partial charge >= 0.3 is 0 Å². The molecule has 138 valence electrons. The summed E-state index contributed by atoms with van der Waals surface area (Å²) in [6, 6.07) is 15.7. The van der Waals surface area contributed by atoms with Gasteiger partial charge in [-0.2, -0.15) is 0 Å². The largest absolute Gasteiger partial charge is 0.486 e. The first-order chi connectivity index (χ1) is 12.8. The van der Waals surface area contributed by atoms with Crippen molar-refractivity contribution in [3.63, 3.8) is 0 Å². The fourth-order valence-electron chi connectivity index (χ4n) is 3.87. The zero-order valence-electron chi connectivity index (χ0n) is 15.1. The van der Waals surface area contributed by atoms with E-state index in [9.17, 15) is 4.39 Å². The minimum atomic E-state index is -0.262. The maximum absolute atomic E-state index is 14.4. The molecule has 1 saturated carbocycles. The van der Waals surface area contributed by atoms with Crippen molar-refractivity contribution >= 4 is 0 Å². The molecule has 2 aromatic carbocycles. The van der Waals surface area contributed by atoms with Gasteiger partial charge in [-0.25, -0.2) is 4.39 Å². The van der Waals surface area contributed by atoms with Crippen LogP contribution in [0.25, 0.3) is 0 Å². The Balaban J connectivity index is 1.37. The number of halogens is 1. The molecule has 3 nitrogen and oxygen atoms in total. The van der Waals surface area contributed by atoms with Crippen LogP contribution in [0.1, 0.15) is 36.3 Å². The molecule has 1 heterocycles. The minimum absolute atomic E-state index is 0.262. The predicted octanol–water partition coefficient (Wildman–Crippen LogP) is 3.85. The third kappa shape index (κ3) is 4.25. The normalized spacial score (nSPS) is 23.0. The van der Waals surface area contributed by atoms with E-state index in [1.807, 2.05) is 36.4 Å². The van der Waals surface area contributed by atoms with Gasteiger partial charge in [0, 0.05) is 17.5 Å². The fraction of sp³-hybridized carbons (Fsp3) is 0.455. The zero-order chi connectivity index (χ0) is 17.8. The fourth-order valence-corrected chi connectivity index (χ4v) is 3.87. The van der Waals surface area contributed by atoms with Crippen LogP contribution in [-0.4, -0.2) is 25.7 Å². The molecule has 2 aromatic rings. The molecule has 2 aliphatic rings. The number of hydrogen-bond donors (Lipinski definition) is 2. The monoisotopic (exact) mass is 354 g/mol. The van der Waals surface area contributed by atoms with Gasteiger partial charge in [0.2, 0.25) is 0 Å². The zero-order valence-corrected chi connectivity index (χ0v) is 15.1. The number of ether oxygens (including phenoxy) is 1. The molecular formula is C22H27FN2O. The van der Waals surface area contributed by atoms with Gasteiger partial charge < -0.3 is 15.4 Å².